The van der Waals surface area contributed by atoms with E-state index in [4.69, 9.17) is 0 Å². The van der Waals surface area contributed by atoms with Crippen LogP contribution >= 0.6 is 0 Å². The van der Waals surface area contributed by atoms with Crippen molar-refractivity contribution in [3.63, 3.8) is 0 Å². The molecule has 0 spiro atoms. The van der Waals surface area contributed by atoms with Crippen LogP contribution in [0, 0.1) is 0 Å². The van der Waals surface area contributed by atoms with Crippen LogP contribution in [0.5, 0.6) is 0 Å². The molecule has 0 saturated heterocycles. The molecule has 0 aromatic heterocycles. The van der Waals surface area contributed by atoms with E-state index < -0.39 is 0 Å². The van der Waals surface area contributed by atoms with Gasteiger partial charge >= 0.3 is 0 Å². The van der Waals surface area contributed by atoms with Crippen LogP contribution in [-0.4, -0.2) is 35.3 Å². The Morgan fingerprint density at radius 3 is 1.83 bits per heavy atom. The Bertz CT molecular complexity index is 596. The molecule has 3 heteroatoms. The summed E-state index contributed by atoms with van der Waals surface area (Å²) in [6, 6.07) is 20.6. The number of carbonyl (C=O) groups excluding carboxylic acids is 1. The minimum atomic E-state index is 0.169. The highest BCUT2D eigenvalue weighted by atomic mass is 16.2. The number of amides is 1. The quantitative estimate of drug-likeness (QED) is 0.781. The molecule has 0 aliphatic carbocycles. The van der Waals surface area contributed by atoms with Gasteiger partial charge in [-0.1, -0.05) is 60.7 Å². The molecule has 122 valence electrons. The topological polar surface area (TPSA) is 23.6 Å². The molecular formula is C20H26N2O. The third kappa shape index (κ3) is 5.53. The molecule has 0 aliphatic rings. The summed E-state index contributed by atoms with van der Waals surface area (Å²) in [6.45, 7) is 6.01. The molecule has 0 aliphatic heterocycles. The zero-order valence-corrected chi connectivity index (χ0v) is 14.3. The molecule has 0 fully saturated rings. The van der Waals surface area contributed by atoms with E-state index in [1.165, 1.54) is 11.1 Å². The molecule has 2 aromatic carbocycles. The number of carbonyl (C=O) groups is 1. The molecule has 2 rings (SSSR count). The zero-order valence-electron chi connectivity index (χ0n) is 14.3. The highest BCUT2D eigenvalue weighted by molar-refractivity contribution is 5.78. The number of nitrogens with zero attached hydrogens (tertiary/aromatic N) is 2. The van der Waals surface area contributed by atoms with Crippen LogP contribution in [0.3, 0.4) is 0 Å². The first-order chi connectivity index (χ1) is 11.1. The molecule has 0 radical (unpaired) electrons. The van der Waals surface area contributed by atoms with Gasteiger partial charge < -0.3 is 4.90 Å². The van der Waals surface area contributed by atoms with Gasteiger partial charge in [0.15, 0.2) is 0 Å². The molecule has 0 bridgehead atoms. The zero-order chi connectivity index (χ0) is 16.7. The van der Waals surface area contributed by atoms with Gasteiger partial charge in [0.2, 0.25) is 5.91 Å². The van der Waals surface area contributed by atoms with Crippen molar-refractivity contribution in [3.8, 4) is 0 Å². The maximum Gasteiger partial charge on any atom is 0.237 e. The monoisotopic (exact) mass is 310 g/mol. The van der Waals surface area contributed by atoms with Crippen molar-refractivity contribution in [1.29, 1.82) is 0 Å². The van der Waals surface area contributed by atoms with Crippen molar-refractivity contribution in [1.82, 2.24) is 9.80 Å². The van der Waals surface area contributed by atoms with Gasteiger partial charge in [-0.2, -0.15) is 0 Å². The van der Waals surface area contributed by atoms with Gasteiger partial charge in [-0.15, -0.1) is 0 Å². The number of benzene rings is 2. The van der Waals surface area contributed by atoms with Crippen LogP contribution in [0.15, 0.2) is 60.7 Å². The summed E-state index contributed by atoms with van der Waals surface area (Å²) in [7, 11) is 1.99. The number of hydrogen-bond acceptors (Lipinski definition) is 2. The lowest BCUT2D eigenvalue weighted by Gasteiger charge is -2.29. The summed E-state index contributed by atoms with van der Waals surface area (Å²) in [5.74, 6) is 0.169. The molecule has 3 nitrogen and oxygen atoms in total. The van der Waals surface area contributed by atoms with E-state index in [-0.39, 0.29) is 11.9 Å². The van der Waals surface area contributed by atoms with Gasteiger partial charge in [-0.3, -0.25) is 9.69 Å². The van der Waals surface area contributed by atoms with Gasteiger partial charge in [0.05, 0.1) is 6.54 Å². The molecule has 0 heterocycles. The lowest BCUT2D eigenvalue weighted by molar-refractivity contribution is -0.134. The SMILES string of the molecule is CC(C)N(Cc1ccccc1)C(=O)CN(C)Cc1ccccc1. The summed E-state index contributed by atoms with van der Waals surface area (Å²) in [4.78, 5) is 16.7. The van der Waals surface area contributed by atoms with E-state index in [1.807, 2.05) is 48.3 Å². The van der Waals surface area contributed by atoms with Crippen LogP contribution in [0.1, 0.15) is 25.0 Å². The van der Waals surface area contributed by atoms with Crippen LogP contribution in [-0.2, 0) is 17.9 Å². The Balaban J connectivity index is 1.95. The highest BCUT2D eigenvalue weighted by Gasteiger charge is 2.18. The van der Waals surface area contributed by atoms with Crippen molar-refractivity contribution < 1.29 is 4.79 Å². The molecule has 1 amide bonds. The Labute approximate surface area is 139 Å². The molecule has 2 aromatic rings. The van der Waals surface area contributed by atoms with Crippen molar-refractivity contribution >= 4 is 5.91 Å². The molecule has 23 heavy (non-hydrogen) atoms. The molecule has 0 atom stereocenters. The first kappa shape index (κ1) is 17.2. The van der Waals surface area contributed by atoms with E-state index >= 15 is 0 Å². The Morgan fingerprint density at radius 2 is 1.35 bits per heavy atom. The number of rotatable bonds is 7. The largest absolute Gasteiger partial charge is 0.335 e. The predicted molar refractivity (Wildman–Crippen MR) is 94.9 cm³/mol. The maximum absolute atomic E-state index is 12.7. The van der Waals surface area contributed by atoms with Gasteiger partial charge in [-0.05, 0) is 32.0 Å². The van der Waals surface area contributed by atoms with Gasteiger partial charge in [-0.25, -0.2) is 0 Å². The summed E-state index contributed by atoms with van der Waals surface area (Å²) in [6.07, 6.45) is 0. The fourth-order valence-electron chi connectivity index (χ4n) is 2.61. The first-order valence-electron chi connectivity index (χ1n) is 8.12. The number of likely N-dealkylation sites (N-methyl/N-ethyl adjacent to an activating group) is 1. The van der Waals surface area contributed by atoms with Crippen molar-refractivity contribution in [3.05, 3.63) is 71.8 Å². The average Bonchev–Trinajstić information content (AvgIpc) is 2.54. The van der Waals surface area contributed by atoms with Crippen LogP contribution in [0.2, 0.25) is 0 Å². The number of hydrogen-bond donors (Lipinski definition) is 0. The second-order valence-corrected chi connectivity index (χ2v) is 6.26. The van der Waals surface area contributed by atoms with Crippen molar-refractivity contribution in [2.24, 2.45) is 0 Å². The van der Waals surface area contributed by atoms with Crippen molar-refractivity contribution in [2.45, 2.75) is 33.0 Å². The summed E-state index contributed by atoms with van der Waals surface area (Å²) < 4.78 is 0. The van der Waals surface area contributed by atoms with Crippen molar-refractivity contribution in [2.75, 3.05) is 13.6 Å². The Kier molecular flexibility index (Phi) is 6.36. The van der Waals surface area contributed by atoms with E-state index in [9.17, 15) is 4.79 Å². The van der Waals surface area contributed by atoms with E-state index in [0.29, 0.717) is 13.1 Å². The smallest absolute Gasteiger partial charge is 0.237 e. The molecule has 0 unspecified atom stereocenters. The average molecular weight is 310 g/mol. The second-order valence-electron chi connectivity index (χ2n) is 6.26. The second kappa shape index (κ2) is 8.49. The first-order valence-corrected chi connectivity index (χ1v) is 8.12. The van der Waals surface area contributed by atoms with Crippen LogP contribution < -0.4 is 0 Å². The molecular weight excluding hydrogens is 284 g/mol. The van der Waals surface area contributed by atoms with Crippen LogP contribution in [0.25, 0.3) is 0 Å². The lowest BCUT2D eigenvalue weighted by atomic mass is 10.2. The summed E-state index contributed by atoms with van der Waals surface area (Å²) in [5, 5.41) is 0. The minimum absolute atomic E-state index is 0.169. The van der Waals surface area contributed by atoms with E-state index in [1.54, 1.807) is 0 Å². The standard InChI is InChI=1S/C20H26N2O/c1-17(2)22(15-19-12-8-5-9-13-19)20(23)16-21(3)14-18-10-6-4-7-11-18/h4-13,17H,14-16H2,1-3H3. The third-order valence-corrected chi connectivity index (χ3v) is 3.84. The fourth-order valence-corrected chi connectivity index (χ4v) is 2.61. The molecule has 0 saturated carbocycles. The highest BCUT2D eigenvalue weighted by Crippen LogP contribution is 2.10. The van der Waals surface area contributed by atoms with Gasteiger partial charge in [0.1, 0.15) is 0 Å². The van der Waals surface area contributed by atoms with E-state index in [2.05, 4.69) is 43.0 Å². The normalized spacial score (nSPS) is 11.0. The Hall–Kier alpha value is -2.13. The lowest BCUT2D eigenvalue weighted by Crippen LogP contribution is -2.42. The van der Waals surface area contributed by atoms with Crippen LogP contribution in [0.4, 0.5) is 0 Å². The third-order valence-electron chi connectivity index (χ3n) is 3.84. The van der Waals surface area contributed by atoms with Gasteiger partial charge in [0.25, 0.3) is 0 Å². The van der Waals surface area contributed by atoms with Gasteiger partial charge in [0, 0.05) is 19.1 Å². The fraction of sp³-hybridized carbons (Fsp3) is 0.350. The molecule has 0 N–H and O–H groups in total. The maximum atomic E-state index is 12.7. The summed E-state index contributed by atoms with van der Waals surface area (Å²) in [5.41, 5.74) is 2.39. The Morgan fingerprint density at radius 1 is 0.870 bits per heavy atom. The summed E-state index contributed by atoms with van der Waals surface area (Å²) >= 11 is 0. The predicted octanol–water partition coefficient (Wildman–Crippen LogP) is 3.56. The van der Waals surface area contributed by atoms with E-state index in [0.717, 1.165) is 6.54 Å². The minimum Gasteiger partial charge on any atom is -0.335 e.